The van der Waals surface area contributed by atoms with Gasteiger partial charge in [-0.05, 0) is 37.3 Å². The van der Waals surface area contributed by atoms with Crippen LogP contribution in [0.1, 0.15) is 21.6 Å². The van der Waals surface area contributed by atoms with E-state index in [0.717, 1.165) is 0 Å². The number of rotatable bonds is 7. The molecule has 0 saturated heterocycles. The Morgan fingerprint density at radius 1 is 1.19 bits per heavy atom. The molecular formula is C21H19N5O5S. The average molecular weight is 453 g/mol. The summed E-state index contributed by atoms with van der Waals surface area (Å²) in [5, 5.41) is 16.7. The lowest BCUT2D eigenvalue weighted by Crippen LogP contribution is -2.15. The van der Waals surface area contributed by atoms with Crippen LogP contribution in [0.15, 0.2) is 64.8 Å². The van der Waals surface area contributed by atoms with Crippen molar-refractivity contribution in [2.24, 2.45) is 0 Å². The molecule has 0 aliphatic carbocycles. The van der Waals surface area contributed by atoms with Gasteiger partial charge in [0, 0.05) is 30.6 Å². The molecule has 0 unspecified atom stereocenters. The molecule has 0 bridgehead atoms. The minimum Gasteiger partial charge on any atom is -0.497 e. The Morgan fingerprint density at radius 3 is 2.62 bits per heavy atom. The van der Waals surface area contributed by atoms with Crippen molar-refractivity contribution in [3.8, 4) is 5.75 Å². The SMILES string of the molecule is COc1ccc(S(=O)(=O)c2ncccc2CNc2c(C(=O)O)cnc3cc(C)nn23)cc1. The van der Waals surface area contributed by atoms with E-state index in [1.165, 1.54) is 36.2 Å². The highest BCUT2D eigenvalue weighted by Gasteiger charge is 2.24. The zero-order valence-electron chi connectivity index (χ0n) is 17.2. The molecular weight excluding hydrogens is 434 g/mol. The fourth-order valence-electron chi connectivity index (χ4n) is 3.22. The van der Waals surface area contributed by atoms with E-state index in [1.807, 2.05) is 0 Å². The van der Waals surface area contributed by atoms with Gasteiger partial charge in [-0.3, -0.25) is 0 Å². The van der Waals surface area contributed by atoms with Crippen LogP contribution in [0.2, 0.25) is 0 Å². The molecule has 11 heteroatoms. The third-order valence-corrected chi connectivity index (χ3v) is 6.53. The number of carbonyl (C=O) groups is 1. The van der Waals surface area contributed by atoms with Crippen molar-refractivity contribution in [3.05, 3.63) is 71.7 Å². The lowest BCUT2D eigenvalue weighted by atomic mass is 10.2. The number of carboxylic acids is 1. The Bertz CT molecular complexity index is 1410. The molecule has 164 valence electrons. The van der Waals surface area contributed by atoms with Gasteiger partial charge in [0.2, 0.25) is 9.84 Å². The van der Waals surface area contributed by atoms with Crippen molar-refractivity contribution >= 4 is 27.3 Å². The van der Waals surface area contributed by atoms with Gasteiger partial charge in [0.1, 0.15) is 17.1 Å². The Labute approximate surface area is 183 Å². The number of aryl methyl sites for hydroxylation is 1. The highest BCUT2D eigenvalue weighted by atomic mass is 32.2. The minimum atomic E-state index is -3.92. The van der Waals surface area contributed by atoms with Crippen LogP contribution in [-0.2, 0) is 16.4 Å². The van der Waals surface area contributed by atoms with Crippen LogP contribution in [0.5, 0.6) is 5.75 Å². The molecule has 2 N–H and O–H groups in total. The topological polar surface area (TPSA) is 136 Å². The van der Waals surface area contributed by atoms with Crippen molar-refractivity contribution < 1.29 is 23.1 Å². The second-order valence-corrected chi connectivity index (χ2v) is 8.75. The summed E-state index contributed by atoms with van der Waals surface area (Å²) in [6.07, 6.45) is 2.63. The molecule has 4 aromatic rings. The van der Waals surface area contributed by atoms with Crippen LogP contribution in [0.25, 0.3) is 5.65 Å². The summed E-state index contributed by atoms with van der Waals surface area (Å²) in [5.74, 6) is -0.469. The van der Waals surface area contributed by atoms with Crippen molar-refractivity contribution in [3.63, 3.8) is 0 Å². The maximum Gasteiger partial charge on any atom is 0.341 e. The lowest BCUT2D eigenvalue weighted by Gasteiger charge is -2.14. The van der Waals surface area contributed by atoms with Crippen molar-refractivity contribution in [2.75, 3.05) is 12.4 Å². The van der Waals surface area contributed by atoms with E-state index in [0.29, 0.717) is 22.7 Å². The number of nitrogens with one attached hydrogen (secondary N) is 1. The Hall–Kier alpha value is -3.99. The predicted molar refractivity (Wildman–Crippen MR) is 115 cm³/mol. The van der Waals surface area contributed by atoms with Gasteiger partial charge in [-0.25, -0.2) is 23.2 Å². The molecule has 10 nitrogen and oxygen atoms in total. The lowest BCUT2D eigenvalue weighted by molar-refractivity contribution is 0.0697. The summed E-state index contributed by atoms with van der Waals surface area (Å²) < 4.78 is 32.9. The molecule has 4 rings (SSSR count). The number of sulfone groups is 1. The fourth-order valence-corrected chi connectivity index (χ4v) is 4.62. The van der Waals surface area contributed by atoms with Crippen LogP contribution in [0.4, 0.5) is 5.82 Å². The molecule has 3 aromatic heterocycles. The molecule has 3 heterocycles. The molecule has 0 aliphatic rings. The van der Waals surface area contributed by atoms with E-state index < -0.39 is 15.8 Å². The van der Waals surface area contributed by atoms with Gasteiger partial charge >= 0.3 is 5.97 Å². The van der Waals surface area contributed by atoms with E-state index in [-0.39, 0.29) is 27.8 Å². The van der Waals surface area contributed by atoms with E-state index in [1.54, 1.807) is 37.3 Å². The molecule has 0 atom stereocenters. The number of ether oxygens (including phenoxy) is 1. The summed E-state index contributed by atoms with van der Waals surface area (Å²) in [4.78, 5) is 20.0. The van der Waals surface area contributed by atoms with Gasteiger partial charge in [-0.15, -0.1) is 0 Å². The van der Waals surface area contributed by atoms with Crippen LogP contribution in [0, 0.1) is 6.92 Å². The molecule has 32 heavy (non-hydrogen) atoms. The number of aromatic carboxylic acids is 1. The first kappa shape index (κ1) is 21.2. The number of hydrogen-bond donors (Lipinski definition) is 2. The first-order valence-corrected chi connectivity index (χ1v) is 10.9. The largest absolute Gasteiger partial charge is 0.497 e. The molecule has 0 radical (unpaired) electrons. The third kappa shape index (κ3) is 3.85. The van der Waals surface area contributed by atoms with Gasteiger partial charge in [-0.2, -0.15) is 9.61 Å². The van der Waals surface area contributed by atoms with Crippen LogP contribution in [-0.4, -0.2) is 46.2 Å². The molecule has 0 aliphatic heterocycles. The van der Waals surface area contributed by atoms with Gasteiger partial charge in [0.25, 0.3) is 0 Å². The van der Waals surface area contributed by atoms with Gasteiger partial charge in [0.05, 0.1) is 17.7 Å². The fraction of sp³-hybridized carbons (Fsp3) is 0.143. The van der Waals surface area contributed by atoms with Crippen LogP contribution >= 0.6 is 0 Å². The summed E-state index contributed by atoms with van der Waals surface area (Å²) in [5.41, 5.74) is 1.40. The number of anilines is 1. The number of methoxy groups -OCH3 is 1. The number of benzene rings is 1. The van der Waals surface area contributed by atoms with Crippen LogP contribution in [0.3, 0.4) is 0 Å². The number of nitrogens with zero attached hydrogens (tertiary/aromatic N) is 4. The quantitative estimate of drug-likeness (QED) is 0.433. The molecule has 1 aromatic carbocycles. The van der Waals surface area contributed by atoms with Gasteiger partial charge in [0.15, 0.2) is 10.7 Å². The zero-order valence-corrected chi connectivity index (χ0v) is 18.0. The number of pyridine rings is 1. The van der Waals surface area contributed by atoms with Gasteiger partial charge in [-0.1, -0.05) is 6.07 Å². The summed E-state index contributed by atoms with van der Waals surface area (Å²) >= 11 is 0. The smallest absolute Gasteiger partial charge is 0.341 e. The monoisotopic (exact) mass is 453 g/mol. The number of hydrogen-bond acceptors (Lipinski definition) is 8. The number of fused-ring (bicyclic) bond motifs is 1. The Kier molecular flexibility index (Phi) is 5.49. The maximum absolute atomic E-state index is 13.2. The minimum absolute atomic E-state index is 0.00312. The van der Waals surface area contributed by atoms with Crippen molar-refractivity contribution in [2.45, 2.75) is 23.4 Å². The van der Waals surface area contributed by atoms with Gasteiger partial charge < -0.3 is 15.2 Å². The molecule has 0 fully saturated rings. The number of carboxylic acid groups (broad SMARTS) is 1. The first-order valence-electron chi connectivity index (χ1n) is 9.47. The van der Waals surface area contributed by atoms with Crippen molar-refractivity contribution in [1.29, 1.82) is 0 Å². The molecule has 0 spiro atoms. The van der Waals surface area contributed by atoms with Crippen LogP contribution < -0.4 is 10.1 Å². The highest BCUT2D eigenvalue weighted by molar-refractivity contribution is 7.91. The standard InChI is InChI=1S/C21H19N5O5S/c1-13-10-18-23-12-17(21(27)28)19(26(18)25-13)24-11-14-4-3-9-22-20(14)32(29,30)16-7-5-15(31-2)6-8-16/h3-10,12,24H,11H2,1-2H3,(H,27,28). The second kappa shape index (κ2) is 8.27. The normalized spacial score (nSPS) is 11.4. The maximum atomic E-state index is 13.2. The summed E-state index contributed by atoms with van der Waals surface area (Å²) in [6, 6.07) is 10.9. The zero-order chi connectivity index (χ0) is 22.9. The second-order valence-electron chi connectivity index (χ2n) is 6.88. The molecule has 0 saturated carbocycles. The molecule has 0 amide bonds. The Balaban J connectivity index is 1.72. The van der Waals surface area contributed by atoms with E-state index in [2.05, 4.69) is 20.4 Å². The average Bonchev–Trinajstić information content (AvgIpc) is 3.18. The predicted octanol–water partition coefficient (Wildman–Crippen LogP) is 2.58. The van der Waals surface area contributed by atoms with E-state index >= 15 is 0 Å². The first-order chi connectivity index (χ1) is 15.3. The highest BCUT2D eigenvalue weighted by Crippen LogP contribution is 2.25. The summed E-state index contributed by atoms with van der Waals surface area (Å²) in [6.45, 7) is 1.76. The van der Waals surface area contributed by atoms with E-state index in [4.69, 9.17) is 4.74 Å². The number of aromatic nitrogens is 4. The summed E-state index contributed by atoms with van der Waals surface area (Å²) in [7, 11) is -2.43. The van der Waals surface area contributed by atoms with E-state index in [9.17, 15) is 18.3 Å². The Morgan fingerprint density at radius 2 is 1.94 bits per heavy atom. The van der Waals surface area contributed by atoms with Crippen molar-refractivity contribution in [1.82, 2.24) is 19.6 Å². The third-order valence-electron chi connectivity index (χ3n) is 4.76.